The number of nitrogens with zero attached hydrogens (tertiary/aromatic N) is 1. The van der Waals surface area contributed by atoms with Gasteiger partial charge in [0.05, 0.1) is 5.56 Å². The highest BCUT2D eigenvalue weighted by Gasteiger charge is 2.15. The maximum Gasteiger partial charge on any atom is 0.256 e. The van der Waals surface area contributed by atoms with E-state index in [1.54, 1.807) is 13.1 Å². The van der Waals surface area contributed by atoms with Gasteiger partial charge in [-0.3, -0.25) is 4.79 Å². The molecule has 15 heavy (non-hydrogen) atoms. The van der Waals surface area contributed by atoms with E-state index in [1.807, 2.05) is 6.92 Å². The van der Waals surface area contributed by atoms with Gasteiger partial charge in [-0.05, 0) is 24.6 Å². The van der Waals surface area contributed by atoms with Crippen LogP contribution in [0.25, 0.3) is 0 Å². The van der Waals surface area contributed by atoms with Crippen molar-refractivity contribution in [2.75, 3.05) is 13.6 Å². The molecule has 0 unspecified atom stereocenters. The van der Waals surface area contributed by atoms with Crippen LogP contribution in [0.15, 0.2) is 22.7 Å². The summed E-state index contributed by atoms with van der Waals surface area (Å²) in [4.78, 5) is 13.3. The molecule has 0 fully saturated rings. The van der Waals surface area contributed by atoms with Crippen LogP contribution in [0.4, 0.5) is 4.39 Å². The fourth-order valence-corrected chi connectivity index (χ4v) is 1.64. The highest BCUT2D eigenvalue weighted by atomic mass is 79.9. The second-order valence-corrected chi connectivity index (χ2v) is 4.27. The summed E-state index contributed by atoms with van der Waals surface area (Å²) in [5.41, 5.74) is 0.120. The van der Waals surface area contributed by atoms with Crippen LogP contribution in [-0.4, -0.2) is 24.4 Å². The second-order valence-electron chi connectivity index (χ2n) is 3.35. The van der Waals surface area contributed by atoms with E-state index in [0.29, 0.717) is 11.0 Å². The van der Waals surface area contributed by atoms with Gasteiger partial charge in [-0.15, -0.1) is 0 Å². The number of rotatable bonds is 3. The first kappa shape index (κ1) is 12.2. The molecule has 0 aliphatic rings. The third-order valence-corrected chi connectivity index (χ3v) is 2.56. The highest BCUT2D eigenvalue weighted by molar-refractivity contribution is 9.10. The lowest BCUT2D eigenvalue weighted by Gasteiger charge is -2.16. The van der Waals surface area contributed by atoms with E-state index in [0.717, 1.165) is 6.42 Å². The summed E-state index contributed by atoms with van der Waals surface area (Å²) in [7, 11) is 1.67. The van der Waals surface area contributed by atoms with Gasteiger partial charge in [-0.1, -0.05) is 22.9 Å². The van der Waals surface area contributed by atoms with E-state index in [2.05, 4.69) is 15.9 Å². The van der Waals surface area contributed by atoms with Gasteiger partial charge in [-0.2, -0.15) is 0 Å². The molecule has 0 aromatic heterocycles. The van der Waals surface area contributed by atoms with Crippen molar-refractivity contribution in [1.82, 2.24) is 4.90 Å². The lowest BCUT2D eigenvalue weighted by Crippen LogP contribution is -2.28. The van der Waals surface area contributed by atoms with E-state index < -0.39 is 5.82 Å². The van der Waals surface area contributed by atoms with Gasteiger partial charge >= 0.3 is 0 Å². The van der Waals surface area contributed by atoms with Gasteiger partial charge in [0.25, 0.3) is 5.91 Å². The van der Waals surface area contributed by atoms with Crippen molar-refractivity contribution in [3.8, 4) is 0 Å². The van der Waals surface area contributed by atoms with E-state index >= 15 is 0 Å². The zero-order valence-electron chi connectivity index (χ0n) is 8.76. The Balaban J connectivity index is 2.91. The first-order valence-electron chi connectivity index (χ1n) is 4.76. The minimum absolute atomic E-state index is 0.120. The standard InChI is InChI=1S/C11H13BrFNO/c1-3-6-14(2)11(15)9-5-4-8(12)7-10(9)13/h4-5,7H,3,6H2,1-2H3. The van der Waals surface area contributed by atoms with Crippen molar-refractivity contribution < 1.29 is 9.18 Å². The summed E-state index contributed by atoms with van der Waals surface area (Å²) >= 11 is 3.15. The third kappa shape index (κ3) is 3.02. The van der Waals surface area contributed by atoms with Crippen molar-refractivity contribution >= 4 is 21.8 Å². The van der Waals surface area contributed by atoms with E-state index in [1.165, 1.54) is 17.0 Å². The molecule has 1 aromatic carbocycles. The number of amides is 1. The van der Waals surface area contributed by atoms with Crippen molar-refractivity contribution in [2.45, 2.75) is 13.3 Å². The molecule has 0 N–H and O–H groups in total. The molecule has 2 nitrogen and oxygen atoms in total. The number of carbonyl (C=O) groups is 1. The Labute approximate surface area is 97.2 Å². The summed E-state index contributed by atoms with van der Waals surface area (Å²) < 4.78 is 14.1. The minimum Gasteiger partial charge on any atom is -0.342 e. The molecule has 0 saturated heterocycles. The van der Waals surface area contributed by atoms with Crippen molar-refractivity contribution in [2.24, 2.45) is 0 Å². The maximum absolute atomic E-state index is 13.4. The summed E-state index contributed by atoms with van der Waals surface area (Å²) in [6.07, 6.45) is 0.861. The Morgan fingerprint density at radius 2 is 2.20 bits per heavy atom. The van der Waals surface area contributed by atoms with Crippen LogP contribution in [0.2, 0.25) is 0 Å². The van der Waals surface area contributed by atoms with Crippen LogP contribution in [0, 0.1) is 5.82 Å². The number of benzene rings is 1. The van der Waals surface area contributed by atoms with Crippen molar-refractivity contribution in [3.63, 3.8) is 0 Å². The molecular formula is C11H13BrFNO. The average Bonchev–Trinajstić information content (AvgIpc) is 2.17. The monoisotopic (exact) mass is 273 g/mol. The van der Waals surface area contributed by atoms with Crippen molar-refractivity contribution in [3.05, 3.63) is 34.1 Å². The number of hydrogen-bond donors (Lipinski definition) is 0. The maximum atomic E-state index is 13.4. The molecule has 0 bridgehead atoms. The zero-order valence-corrected chi connectivity index (χ0v) is 10.3. The molecule has 0 atom stereocenters. The lowest BCUT2D eigenvalue weighted by molar-refractivity contribution is 0.0790. The summed E-state index contributed by atoms with van der Waals surface area (Å²) in [6.45, 7) is 2.61. The SMILES string of the molecule is CCCN(C)C(=O)c1ccc(Br)cc1F. The third-order valence-electron chi connectivity index (χ3n) is 2.07. The highest BCUT2D eigenvalue weighted by Crippen LogP contribution is 2.16. The van der Waals surface area contributed by atoms with E-state index in [-0.39, 0.29) is 11.5 Å². The summed E-state index contributed by atoms with van der Waals surface area (Å²) in [5, 5.41) is 0. The Hall–Kier alpha value is -0.900. The molecule has 0 spiro atoms. The zero-order chi connectivity index (χ0) is 11.4. The van der Waals surface area contributed by atoms with Gasteiger partial charge in [0, 0.05) is 18.1 Å². The lowest BCUT2D eigenvalue weighted by atomic mass is 10.2. The van der Waals surface area contributed by atoms with Crippen LogP contribution in [0.1, 0.15) is 23.7 Å². The van der Waals surface area contributed by atoms with Gasteiger partial charge in [0.2, 0.25) is 0 Å². The molecule has 1 amide bonds. The van der Waals surface area contributed by atoms with Gasteiger partial charge in [-0.25, -0.2) is 4.39 Å². The Morgan fingerprint density at radius 3 is 2.73 bits per heavy atom. The van der Waals surface area contributed by atoms with Gasteiger partial charge in [0.1, 0.15) is 5.82 Å². The Morgan fingerprint density at radius 1 is 1.53 bits per heavy atom. The number of carbonyl (C=O) groups excluding carboxylic acids is 1. The number of halogens is 2. The Kier molecular flexibility index (Phi) is 4.27. The second kappa shape index (κ2) is 5.26. The van der Waals surface area contributed by atoms with Crippen LogP contribution < -0.4 is 0 Å². The molecule has 1 aromatic rings. The predicted molar refractivity (Wildman–Crippen MR) is 61.4 cm³/mol. The molecule has 0 aliphatic carbocycles. The summed E-state index contributed by atoms with van der Waals surface area (Å²) in [6, 6.07) is 4.46. The predicted octanol–water partition coefficient (Wildman–Crippen LogP) is 3.07. The van der Waals surface area contributed by atoms with E-state index in [9.17, 15) is 9.18 Å². The molecule has 4 heteroatoms. The summed E-state index contributed by atoms with van der Waals surface area (Å²) in [5.74, 6) is -0.765. The largest absolute Gasteiger partial charge is 0.342 e. The van der Waals surface area contributed by atoms with Crippen LogP contribution in [-0.2, 0) is 0 Å². The van der Waals surface area contributed by atoms with E-state index in [4.69, 9.17) is 0 Å². The van der Waals surface area contributed by atoms with Crippen molar-refractivity contribution in [1.29, 1.82) is 0 Å². The fraction of sp³-hybridized carbons (Fsp3) is 0.364. The molecule has 1 rings (SSSR count). The topological polar surface area (TPSA) is 20.3 Å². The fourth-order valence-electron chi connectivity index (χ4n) is 1.31. The minimum atomic E-state index is -0.489. The first-order valence-corrected chi connectivity index (χ1v) is 5.56. The van der Waals surface area contributed by atoms with Crippen LogP contribution in [0.5, 0.6) is 0 Å². The molecule has 0 heterocycles. The quantitative estimate of drug-likeness (QED) is 0.829. The number of hydrogen-bond acceptors (Lipinski definition) is 1. The van der Waals surface area contributed by atoms with Crippen LogP contribution in [0.3, 0.4) is 0 Å². The molecule has 0 saturated carbocycles. The van der Waals surface area contributed by atoms with Crippen LogP contribution >= 0.6 is 15.9 Å². The van der Waals surface area contributed by atoms with Gasteiger partial charge < -0.3 is 4.90 Å². The smallest absolute Gasteiger partial charge is 0.256 e. The first-order chi connectivity index (χ1) is 7.06. The molecule has 82 valence electrons. The Bertz CT molecular complexity index is 368. The molecule has 0 aliphatic heterocycles. The average molecular weight is 274 g/mol. The molecule has 0 radical (unpaired) electrons. The molecular weight excluding hydrogens is 261 g/mol. The van der Waals surface area contributed by atoms with Gasteiger partial charge in [0.15, 0.2) is 0 Å². The normalized spacial score (nSPS) is 10.1.